The van der Waals surface area contributed by atoms with Crippen molar-refractivity contribution >= 4 is 0 Å². The predicted molar refractivity (Wildman–Crippen MR) is 66.4 cm³/mol. The first-order chi connectivity index (χ1) is 8.16. The van der Waals surface area contributed by atoms with E-state index in [0.29, 0.717) is 12.1 Å². The van der Waals surface area contributed by atoms with E-state index in [0.717, 1.165) is 25.0 Å². The third-order valence-corrected chi connectivity index (χ3v) is 3.34. The first-order valence-electron chi connectivity index (χ1n) is 6.29. The Morgan fingerprint density at radius 2 is 2.18 bits per heavy atom. The van der Waals surface area contributed by atoms with Crippen LogP contribution in [0, 0.1) is 5.82 Å². The number of hydrogen-bond acceptors (Lipinski definition) is 2. The lowest BCUT2D eigenvalue weighted by Crippen LogP contribution is -2.39. The summed E-state index contributed by atoms with van der Waals surface area (Å²) in [5.74, 6) is -0.132. The number of halogens is 1. The van der Waals surface area contributed by atoms with Gasteiger partial charge in [-0.05, 0) is 32.8 Å². The Morgan fingerprint density at radius 3 is 2.88 bits per heavy atom. The van der Waals surface area contributed by atoms with Gasteiger partial charge in [-0.15, -0.1) is 0 Å². The fourth-order valence-electron chi connectivity index (χ4n) is 2.42. The van der Waals surface area contributed by atoms with Gasteiger partial charge < -0.3 is 10.1 Å². The van der Waals surface area contributed by atoms with Crippen LogP contribution in [0.2, 0.25) is 0 Å². The van der Waals surface area contributed by atoms with Gasteiger partial charge in [0.15, 0.2) is 0 Å². The van der Waals surface area contributed by atoms with Crippen LogP contribution in [0.3, 0.4) is 0 Å². The van der Waals surface area contributed by atoms with Crippen molar-refractivity contribution in [2.45, 2.75) is 44.9 Å². The highest BCUT2D eigenvalue weighted by molar-refractivity contribution is 5.20. The molecular weight excluding hydrogens is 217 g/mol. The molecule has 94 valence electrons. The van der Waals surface area contributed by atoms with Crippen LogP contribution in [0.1, 0.15) is 38.3 Å². The minimum absolute atomic E-state index is 0.0477. The Bertz CT molecular complexity index is 369. The topological polar surface area (TPSA) is 21.3 Å². The standard InChI is InChI=1S/C14H20FNO/c1-10-9-12(7-8-17-10)16-11(2)13-5-3-4-6-14(13)15/h3-6,10-12,16H,7-9H2,1-2H3. The minimum atomic E-state index is -0.132. The highest BCUT2D eigenvalue weighted by Gasteiger charge is 2.21. The molecule has 1 aromatic rings. The molecule has 0 bridgehead atoms. The van der Waals surface area contributed by atoms with Crippen molar-refractivity contribution in [2.75, 3.05) is 6.61 Å². The lowest BCUT2D eigenvalue weighted by atomic mass is 10.0. The van der Waals surface area contributed by atoms with E-state index in [4.69, 9.17) is 4.74 Å². The summed E-state index contributed by atoms with van der Waals surface area (Å²) in [6, 6.07) is 7.43. The van der Waals surface area contributed by atoms with Gasteiger partial charge in [0, 0.05) is 24.3 Å². The van der Waals surface area contributed by atoms with E-state index < -0.39 is 0 Å². The Kier molecular flexibility index (Phi) is 4.13. The first kappa shape index (κ1) is 12.5. The van der Waals surface area contributed by atoms with Crippen LogP contribution >= 0.6 is 0 Å². The molecule has 3 atom stereocenters. The predicted octanol–water partition coefficient (Wildman–Crippen LogP) is 3.04. The molecule has 0 radical (unpaired) electrons. The molecule has 0 aliphatic carbocycles. The molecule has 2 nitrogen and oxygen atoms in total. The van der Waals surface area contributed by atoms with Gasteiger partial charge in [-0.1, -0.05) is 18.2 Å². The SMILES string of the molecule is CC1CC(NC(C)c2ccccc2F)CCO1. The third-order valence-electron chi connectivity index (χ3n) is 3.34. The second-order valence-electron chi connectivity index (χ2n) is 4.81. The normalized spacial score (nSPS) is 26.8. The molecule has 3 heteroatoms. The molecule has 2 rings (SSSR count). The van der Waals surface area contributed by atoms with Crippen molar-refractivity contribution in [3.8, 4) is 0 Å². The van der Waals surface area contributed by atoms with E-state index in [1.807, 2.05) is 19.1 Å². The first-order valence-corrected chi connectivity index (χ1v) is 6.29. The molecule has 3 unspecified atom stereocenters. The highest BCUT2D eigenvalue weighted by atomic mass is 19.1. The van der Waals surface area contributed by atoms with Gasteiger partial charge in [-0.2, -0.15) is 0 Å². The minimum Gasteiger partial charge on any atom is -0.378 e. The molecule has 1 N–H and O–H groups in total. The van der Waals surface area contributed by atoms with Gasteiger partial charge in [0.25, 0.3) is 0 Å². The van der Waals surface area contributed by atoms with Gasteiger partial charge in [0.2, 0.25) is 0 Å². The van der Waals surface area contributed by atoms with Gasteiger partial charge in [0.1, 0.15) is 5.82 Å². The van der Waals surface area contributed by atoms with Crippen LogP contribution in [-0.4, -0.2) is 18.8 Å². The van der Waals surface area contributed by atoms with Crippen LogP contribution in [0.5, 0.6) is 0 Å². The summed E-state index contributed by atoms with van der Waals surface area (Å²) in [6.45, 7) is 4.89. The molecule has 1 saturated heterocycles. The van der Waals surface area contributed by atoms with E-state index in [1.54, 1.807) is 6.07 Å². The van der Waals surface area contributed by atoms with Crippen molar-refractivity contribution in [1.29, 1.82) is 0 Å². The molecule has 1 fully saturated rings. The van der Waals surface area contributed by atoms with Crippen molar-refractivity contribution in [1.82, 2.24) is 5.32 Å². The highest BCUT2D eigenvalue weighted by Crippen LogP contribution is 2.20. The van der Waals surface area contributed by atoms with Gasteiger partial charge in [-0.25, -0.2) is 4.39 Å². The number of rotatable bonds is 3. The van der Waals surface area contributed by atoms with E-state index in [2.05, 4.69) is 12.2 Å². The summed E-state index contributed by atoms with van der Waals surface area (Å²) < 4.78 is 19.1. The average Bonchev–Trinajstić information content (AvgIpc) is 2.29. The third kappa shape index (κ3) is 3.27. The maximum absolute atomic E-state index is 13.6. The molecular formula is C14H20FNO. The molecule has 0 saturated carbocycles. The maximum Gasteiger partial charge on any atom is 0.127 e. The van der Waals surface area contributed by atoms with Crippen LogP contribution in [0.4, 0.5) is 4.39 Å². The summed E-state index contributed by atoms with van der Waals surface area (Å²) in [5.41, 5.74) is 0.742. The lowest BCUT2D eigenvalue weighted by Gasteiger charge is -2.30. The van der Waals surface area contributed by atoms with Crippen LogP contribution in [-0.2, 0) is 4.74 Å². The van der Waals surface area contributed by atoms with Gasteiger partial charge in [-0.3, -0.25) is 0 Å². The number of ether oxygens (including phenoxy) is 1. The summed E-state index contributed by atoms with van der Waals surface area (Å²) in [4.78, 5) is 0. The Morgan fingerprint density at radius 1 is 1.41 bits per heavy atom. The van der Waals surface area contributed by atoms with Crippen LogP contribution in [0.25, 0.3) is 0 Å². The molecule has 0 spiro atoms. The second kappa shape index (κ2) is 5.61. The molecule has 0 amide bonds. The van der Waals surface area contributed by atoms with Crippen LogP contribution < -0.4 is 5.32 Å². The lowest BCUT2D eigenvalue weighted by molar-refractivity contribution is 0.0115. The summed E-state index contributed by atoms with van der Waals surface area (Å²) >= 11 is 0. The fourth-order valence-corrected chi connectivity index (χ4v) is 2.42. The number of hydrogen-bond donors (Lipinski definition) is 1. The van der Waals surface area contributed by atoms with E-state index >= 15 is 0 Å². The molecule has 17 heavy (non-hydrogen) atoms. The summed E-state index contributed by atoms with van der Waals surface area (Å²) in [7, 11) is 0. The zero-order valence-electron chi connectivity index (χ0n) is 10.4. The monoisotopic (exact) mass is 237 g/mol. The summed E-state index contributed by atoms with van der Waals surface area (Å²) in [6.07, 6.45) is 2.30. The zero-order chi connectivity index (χ0) is 12.3. The largest absolute Gasteiger partial charge is 0.378 e. The van der Waals surface area contributed by atoms with E-state index in [1.165, 1.54) is 6.07 Å². The van der Waals surface area contributed by atoms with Crippen molar-refractivity contribution < 1.29 is 9.13 Å². The average molecular weight is 237 g/mol. The quantitative estimate of drug-likeness (QED) is 0.872. The van der Waals surface area contributed by atoms with Crippen molar-refractivity contribution in [2.24, 2.45) is 0 Å². The maximum atomic E-state index is 13.6. The van der Waals surface area contributed by atoms with Crippen LogP contribution in [0.15, 0.2) is 24.3 Å². The second-order valence-corrected chi connectivity index (χ2v) is 4.81. The molecule has 1 aromatic carbocycles. The zero-order valence-corrected chi connectivity index (χ0v) is 10.4. The molecule has 1 aliphatic rings. The van der Waals surface area contributed by atoms with Gasteiger partial charge in [0.05, 0.1) is 6.10 Å². The van der Waals surface area contributed by atoms with E-state index in [9.17, 15) is 4.39 Å². The summed E-state index contributed by atoms with van der Waals surface area (Å²) in [5, 5.41) is 3.49. The Balaban J connectivity index is 1.97. The number of nitrogens with one attached hydrogen (secondary N) is 1. The molecule has 0 aromatic heterocycles. The molecule has 1 aliphatic heterocycles. The van der Waals surface area contributed by atoms with Gasteiger partial charge >= 0.3 is 0 Å². The Labute approximate surface area is 102 Å². The molecule has 1 heterocycles. The fraction of sp³-hybridized carbons (Fsp3) is 0.571. The number of benzene rings is 1. The van der Waals surface area contributed by atoms with Crippen molar-refractivity contribution in [3.05, 3.63) is 35.6 Å². The van der Waals surface area contributed by atoms with Crippen molar-refractivity contribution in [3.63, 3.8) is 0 Å². The van der Waals surface area contributed by atoms with E-state index in [-0.39, 0.29) is 11.9 Å². The smallest absolute Gasteiger partial charge is 0.127 e. The Hall–Kier alpha value is -0.930.